The molecule has 0 radical (unpaired) electrons. The van der Waals surface area contributed by atoms with Crippen molar-refractivity contribution >= 4 is 35.0 Å². The highest BCUT2D eigenvalue weighted by molar-refractivity contribution is 8.00. The lowest BCUT2D eigenvalue weighted by Gasteiger charge is -2.18. The number of hydrogen-bond acceptors (Lipinski definition) is 5. The van der Waals surface area contributed by atoms with Crippen LogP contribution >= 0.6 is 11.8 Å². The van der Waals surface area contributed by atoms with Crippen LogP contribution in [0.3, 0.4) is 0 Å². The maximum Gasteiger partial charge on any atom is 0.239 e. The van der Waals surface area contributed by atoms with Gasteiger partial charge in [-0.3, -0.25) is 14.5 Å². The third-order valence-electron chi connectivity index (χ3n) is 4.72. The van der Waals surface area contributed by atoms with Gasteiger partial charge in [-0.15, -0.1) is 11.8 Å². The van der Waals surface area contributed by atoms with Crippen molar-refractivity contribution in [2.75, 3.05) is 44.1 Å². The summed E-state index contributed by atoms with van der Waals surface area (Å²) in [5.41, 5.74) is 2.73. The van der Waals surface area contributed by atoms with Crippen LogP contribution in [-0.2, 0) is 16.1 Å². The standard InChI is InChI=1S/C24H32N4O2S/c1-5-28(3)24(30)22(31-4)14-15-25-20-12-9-13-21(16-20)26-23(29)18-27(2)17-19-10-7-6-8-11-19/h6-16,22,25H,5,17-18H2,1-4H3,(H,26,29)/b15-14-. The zero-order valence-electron chi connectivity index (χ0n) is 18.7. The van der Waals surface area contributed by atoms with E-state index in [-0.39, 0.29) is 17.1 Å². The molecule has 0 aliphatic rings. The number of anilines is 2. The van der Waals surface area contributed by atoms with Crippen LogP contribution in [0.1, 0.15) is 12.5 Å². The molecule has 0 bridgehead atoms. The topological polar surface area (TPSA) is 64.7 Å². The van der Waals surface area contributed by atoms with Gasteiger partial charge in [0, 0.05) is 31.5 Å². The molecule has 2 rings (SSSR count). The second kappa shape index (κ2) is 12.8. The third-order valence-corrected chi connectivity index (χ3v) is 5.59. The predicted molar refractivity (Wildman–Crippen MR) is 131 cm³/mol. The highest BCUT2D eigenvalue weighted by Gasteiger charge is 2.17. The zero-order chi connectivity index (χ0) is 22.6. The summed E-state index contributed by atoms with van der Waals surface area (Å²) in [6.45, 7) is 3.65. The molecule has 2 N–H and O–H groups in total. The lowest BCUT2D eigenvalue weighted by atomic mass is 10.2. The minimum Gasteiger partial charge on any atom is -0.362 e. The average molecular weight is 441 g/mol. The molecule has 7 heteroatoms. The van der Waals surface area contributed by atoms with Crippen molar-refractivity contribution in [1.29, 1.82) is 0 Å². The van der Waals surface area contributed by atoms with Crippen LogP contribution in [0.25, 0.3) is 0 Å². The summed E-state index contributed by atoms with van der Waals surface area (Å²) in [6, 6.07) is 17.6. The van der Waals surface area contributed by atoms with E-state index in [0.717, 1.165) is 11.4 Å². The number of benzene rings is 2. The largest absolute Gasteiger partial charge is 0.362 e. The van der Waals surface area contributed by atoms with Crippen molar-refractivity contribution < 1.29 is 9.59 Å². The van der Waals surface area contributed by atoms with Crippen molar-refractivity contribution in [1.82, 2.24) is 9.80 Å². The summed E-state index contributed by atoms with van der Waals surface area (Å²) in [6.07, 6.45) is 5.54. The van der Waals surface area contributed by atoms with Crippen molar-refractivity contribution in [3.8, 4) is 0 Å². The number of nitrogens with zero attached hydrogens (tertiary/aromatic N) is 2. The highest BCUT2D eigenvalue weighted by Crippen LogP contribution is 2.16. The summed E-state index contributed by atoms with van der Waals surface area (Å²) < 4.78 is 0. The molecule has 31 heavy (non-hydrogen) atoms. The van der Waals surface area contributed by atoms with Crippen molar-refractivity contribution in [2.24, 2.45) is 0 Å². The highest BCUT2D eigenvalue weighted by atomic mass is 32.2. The van der Waals surface area contributed by atoms with Gasteiger partial charge in [0.1, 0.15) is 5.25 Å². The average Bonchev–Trinajstić information content (AvgIpc) is 2.76. The molecule has 0 fully saturated rings. The summed E-state index contributed by atoms with van der Waals surface area (Å²) in [5.74, 6) is 0.00968. The number of rotatable bonds is 11. The first kappa shape index (κ1) is 24.5. The van der Waals surface area contributed by atoms with Crippen molar-refractivity contribution in [3.05, 3.63) is 72.4 Å². The van der Waals surface area contributed by atoms with E-state index in [1.54, 1.807) is 18.1 Å². The molecule has 2 aromatic rings. The molecule has 2 amide bonds. The van der Waals surface area contributed by atoms with Gasteiger partial charge in [0.05, 0.1) is 6.54 Å². The monoisotopic (exact) mass is 440 g/mol. The van der Waals surface area contributed by atoms with Crippen LogP contribution < -0.4 is 10.6 Å². The number of likely N-dealkylation sites (N-methyl/N-ethyl adjacent to an activating group) is 1. The molecule has 1 atom stereocenters. The van der Waals surface area contributed by atoms with Crippen LogP contribution in [0.15, 0.2) is 66.9 Å². The smallest absolute Gasteiger partial charge is 0.239 e. The summed E-state index contributed by atoms with van der Waals surface area (Å²) in [4.78, 5) is 28.4. The number of thioether (sulfide) groups is 1. The van der Waals surface area contributed by atoms with Gasteiger partial charge in [-0.25, -0.2) is 0 Å². The summed E-state index contributed by atoms with van der Waals surface area (Å²) in [7, 11) is 3.73. The molecule has 0 aromatic heterocycles. The van der Waals surface area contributed by atoms with E-state index in [1.807, 2.05) is 85.8 Å². The fourth-order valence-electron chi connectivity index (χ4n) is 2.95. The fourth-order valence-corrected chi connectivity index (χ4v) is 3.57. The first-order valence-corrected chi connectivity index (χ1v) is 11.5. The first-order chi connectivity index (χ1) is 14.9. The number of amides is 2. The van der Waals surface area contributed by atoms with Gasteiger partial charge < -0.3 is 15.5 Å². The van der Waals surface area contributed by atoms with Crippen molar-refractivity contribution in [3.63, 3.8) is 0 Å². The van der Waals surface area contributed by atoms with Crippen LogP contribution in [0.4, 0.5) is 11.4 Å². The molecule has 0 aliphatic heterocycles. The van der Waals surface area contributed by atoms with Gasteiger partial charge in [0.15, 0.2) is 0 Å². The second-order valence-electron chi connectivity index (χ2n) is 7.30. The van der Waals surface area contributed by atoms with Crippen molar-refractivity contribution in [2.45, 2.75) is 18.7 Å². The Morgan fingerprint density at radius 2 is 1.77 bits per heavy atom. The quantitative estimate of drug-likeness (QED) is 0.555. The van der Waals surface area contributed by atoms with E-state index in [2.05, 4.69) is 10.6 Å². The Hall–Kier alpha value is -2.77. The third kappa shape index (κ3) is 8.47. The summed E-state index contributed by atoms with van der Waals surface area (Å²) >= 11 is 1.49. The van der Waals surface area contributed by atoms with Crippen LogP contribution in [-0.4, -0.2) is 60.3 Å². The van der Waals surface area contributed by atoms with Gasteiger partial charge in [0.2, 0.25) is 11.8 Å². The zero-order valence-corrected chi connectivity index (χ0v) is 19.5. The maximum absolute atomic E-state index is 12.4. The van der Waals surface area contributed by atoms with E-state index < -0.39 is 0 Å². The normalized spacial score (nSPS) is 12.0. The molecule has 0 spiro atoms. The maximum atomic E-state index is 12.4. The molecule has 6 nitrogen and oxygen atoms in total. The SMILES string of the molecule is CCN(C)C(=O)C(/C=C\Nc1cccc(NC(=O)CN(C)Cc2ccccc2)c1)SC. The molecule has 2 aromatic carbocycles. The number of carbonyl (C=O) groups excluding carboxylic acids is 2. The number of nitrogens with one attached hydrogen (secondary N) is 2. The minimum absolute atomic E-state index is 0.0678. The van der Waals surface area contributed by atoms with E-state index in [0.29, 0.717) is 19.6 Å². The van der Waals surface area contributed by atoms with E-state index in [1.165, 1.54) is 17.3 Å². The Balaban J connectivity index is 1.88. The fraction of sp³-hybridized carbons (Fsp3) is 0.333. The number of carbonyl (C=O) groups is 2. The van der Waals surface area contributed by atoms with Gasteiger partial charge >= 0.3 is 0 Å². The molecular weight excluding hydrogens is 408 g/mol. The van der Waals surface area contributed by atoms with Crippen LogP contribution in [0.5, 0.6) is 0 Å². The number of hydrogen-bond donors (Lipinski definition) is 2. The Labute approximate surface area is 189 Å². The Morgan fingerprint density at radius 1 is 1.06 bits per heavy atom. The second-order valence-corrected chi connectivity index (χ2v) is 8.28. The molecule has 1 unspecified atom stereocenters. The van der Waals surface area contributed by atoms with Gasteiger partial charge in [-0.05, 0) is 56.3 Å². The Morgan fingerprint density at radius 3 is 2.45 bits per heavy atom. The molecule has 0 saturated carbocycles. The van der Waals surface area contributed by atoms with Crippen LogP contribution in [0.2, 0.25) is 0 Å². The van der Waals surface area contributed by atoms with E-state index >= 15 is 0 Å². The minimum atomic E-state index is -0.236. The van der Waals surface area contributed by atoms with Crippen LogP contribution in [0, 0.1) is 0 Å². The molecule has 0 saturated heterocycles. The van der Waals surface area contributed by atoms with E-state index in [4.69, 9.17) is 0 Å². The van der Waals surface area contributed by atoms with Gasteiger partial charge in [-0.2, -0.15) is 0 Å². The lowest BCUT2D eigenvalue weighted by Crippen LogP contribution is -2.33. The van der Waals surface area contributed by atoms with Gasteiger partial charge in [0.25, 0.3) is 0 Å². The summed E-state index contributed by atoms with van der Waals surface area (Å²) in [5, 5.41) is 5.89. The molecule has 166 valence electrons. The first-order valence-electron chi connectivity index (χ1n) is 10.3. The van der Waals surface area contributed by atoms with E-state index in [9.17, 15) is 9.59 Å². The Bertz CT molecular complexity index is 873. The Kier molecular flexibility index (Phi) is 10.1. The molecular formula is C24H32N4O2S. The lowest BCUT2D eigenvalue weighted by molar-refractivity contribution is -0.128. The molecule has 0 aliphatic carbocycles. The van der Waals surface area contributed by atoms with Gasteiger partial charge in [-0.1, -0.05) is 36.4 Å². The molecule has 0 heterocycles. The predicted octanol–water partition coefficient (Wildman–Crippen LogP) is 3.89.